The highest BCUT2D eigenvalue weighted by Gasteiger charge is 2.16. The van der Waals surface area contributed by atoms with Crippen molar-refractivity contribution in [1.82, 2.24) is 0 Å². The van der Waals surface area contributed by atoms with Crippen molar-refractivity contribution in [3.05, 3.63) is 58.6 Å². The zero-order chi connectivity index (χ0) is 13.2. The van der Waals surface area contributed by atoms with Crippen molar-refractivity contribution >= 4 is 27.5 Å². The van der Waals surface area contributed by atoms with Crippen LogP contribution in [0.15, 0.2) is 42.5 Å². The third-order valence-corrected chi connectivity index (χ3v) is 4.33. The van der Waals surface area contributed by atoms with Gasteiger partial charge in [-0.1, -0.05) is 45.7 Å². The second kappa shape index (κ2) is 5.43. The van der Waals surface area contributed by atoms with E-state index in [1.807, 2.05) is 42.5 Å². The highest BCUT2D eigenvalue weighted by atomic mass is 79.9. The first-order valence-corrected chi connectivity index (χ1v) is 7.32. The van der Waals surface area contributed by atoms with Crippen LogP contribution in [0.5, 0.6) is 11.5 Å². The van der Waals surface area contributed by atoms with Gasteiger partial charge in [0.15, 0.2) is 11.5 Å². The summed E-state index contributed by atoms with van der Waals surface area (Å²) in [4.78, 5) is 0.112. The number of hydrogen-bond acceptors (Lipinski definition) is 2. The van der Waals surface area contributed by atoms with Gasteiger partial charge in [0.25, 0.3) is 0 Å². The molecule has 1 aliphatic heterocycles. The lowest BCUT2D eigenvalue weighted by Crippen LogP contribution is -2.15. The van der Waals surface area contributed by atoms with Gasteiger partial charge in [0.1, 0.15) is 13.2 Å². The number of benzene rings is 2. The molecule has 1 unspecified atom stereocenters. The zero-order valence-corrected chi connectivity index (χ0v) is 12.4. The lowest BCUT2D eigenvalue weighted by Gasteiger charge is -2.20. The third-order valence-electron chi connectivity index (χ3n) is 3.02. The number of ether oxygens (including phenoxy) is 2. The SMILES string of the molecule is Clc1ccc(C(Br)c2ccc3c(c2)OCCO3)cc1. The van der Waals surface area contributed by atoms with Crippen molar-refractivity contribution in [2.24, 2.45) is 0 Å². The summed E-state index contributed by atoms with van der Waals surface area (Å²) in [6.07, 6.45) is 0. The minimum atomic E-state index is 0.112. The number of alkyl halides is 1. The monoisotopic (exact) mass is 338 g/mol. The molecule has 1 atom stereocenters. The minimum Gasteiger partial charge on any atom is -0.486 e. The molecule has 2 aromatic carbocycles. The van der Waals surface area contributed by atoms with Gasteiger partial charge in [-0.05, 0) is 35.4 Å². The number of hydrogen-bond donors (Lipinski definition) is 0. The molecule has 0 amide bonds. The molecule has 0 saturated carbocycles. The van der Waals surface area contributed by atoms with Crippen LogP contribution in [0, 0.1) is 0 Å². The van der Waals surface area contributed by atoms with Gasteiger partial charge in [-0.2, -0.15) is 0 Å². The smallest absolute Gasteiger partial charge is 0.161 e. The zero-order valence-electron chi connectivity index (χ0n) is 10.1. The molecule has 0 saturated heterocycles. The Morgan fingerprint density at radius 1 is 0.895 bits per heavy atom. The maximum absolute atomic E-state index is 5.91. The van der Waals surface area contributed by atoms with Crippen LogP contribution in [-0.2, 0) is 0 Å². The van der Waals surface area contributed by atoms with Crippen LogP contribution in [0.25, 0.3) is 0 Å². The van der Waals surface area contributed by atoms with E-state index in [0.717, 1.165) is 27.6 Å². The van der Waals surface area contributed by atoms with E-state index in [1.54, 1.807) is 0 Å². The van der Waals surface area contributed by atoms with Gasteiger partial charge in [-0.25, -0.2) is 0 Å². The van der Waals surface area contributed by atoms with Crippen molar-refractivity contribution in [1.29, 1.82) is 0 Å². The molecule has 19 heavy (non-hydrogen) atoms. The van der Waals surface area contributed by atoms with E-state index >= 15 is 0 Å². The molecular formula is C15H12BrClO2. The van der Waals surface area contributed by atoms with Crippen LogP contribution in [-0.4, -0.2) is 13.2 Å². The number of halogens is 2. The molecule has 2 aromatic rings. The van der Waals surface area contributed by atoms with Gasteiger partial charge >= 0.3 is 0 Å². The summed E-state index contributed by atoms with van der Waals surface area (Å²) >= 11 is 9.61. The van der Waals surface area contributed by atoms with Crippen molar-refractivity contribution < 1.29 is 9.47 Å². The Hall–Kier alpha value is -1.19. The average molecular weight is 340 g/mol. The van der Waals surface area contributed by atoms with Crippen molar-refractivity contribution in [3.63, 3.8) is 0 Å². The first-order valence-electron chi connectivity index (χ1n) is 6.03. The molecular weight excluding hydrogens is 328 g/mol. The largest absolute Gasteiger partial charge is 0.486 e. The second-order valence-corrected chi connectivity index (χ2v) is 5.67. The van der Waals surface area contributed by atoms with E-state index in [0.29, 0.717) is 13.2 Å². The maximum atomic E-state index is 5.91. The van der Waals surface area contributed by atoms with Crippen molar-refractivity contribution in [3.8, 4) is 11.5 Å². The minimum absolute atomic E-state index is 0.112. The summed E-state index contributed by atoms with van der Waals surface area (Å²) in [6.45, 7) is 1.21. The summed E-state index contributed by atoms with van der Waals surface area (Å²) in [5.74, 6) is 1.62. The Bertz CT molecular complexity index is 583. The van der Waals surface area contributed by atoms with Gasteiger partial charge in [0.05, 0.1) is 4.83 Å². The molecule has 3 rings (SSSR count). The lowest BCUT2D eigenvalue weighted by atomic mass is 10.0. The standard InChI is InChI=1S/C15H12BrClO2/c16-15(10-1-4-12(17)5-2-10)11-3-6-13-14(9-11)19-8-7-18-13/h1-6,9,15H,7-8H2. The van der Waals surface area contributed by atoms with E-state index in [4.69, 9.17) is 21.1 Å². The normalized spacial score (nSPS) is 15.1. The fourth-order valence-corrected chi connectivity index (χ4v) is 2.76. The summed E-state index contributed by atoms with van der Waals surface area (Å²) in [5, 5.41) is 0.741. The van der Waals surface area contributed by atoms with Crippen LogP contribution in [0.3, 0.4) is 0 Å². The fourth-order valence-electron chi connectivity index (χ4n) is 2.04. The van der Waals surface area contributed by atoms with Crippen molar-refractivity contribution in [2.75, 3.05) is 13.2 Å². The average Bonchev–Trinajstić information content (AvgIpc) is 2.47. The van der Waals surface area contributed by atoms with Gasteiger partial charge in [-0.15, -0.1) is 0 Å². The molecule has 0 fully saturated rings. The van der Waals surface area contributed by atoms with Crippen LogP contribution in [0.2, 0.25) is 5.02 Å². The van der Waals surface area contributed by atoms with E-state index in [2.05, 4.69) is 15.9 Å². The number of rotatable bonds is 2. The summed E-state index contributed by atoms with van der Waals surface area (Å²) in [6, 6.07) is 13.8. The Kier molecular flexibility index (Phi) is 3.67. The first-order chi connectivity index (χ1) is 9.24. The van der Waals surface area contributed by atoms with Crippen LogP contribution < -0.4 is 9.47 Å². The highest BCUT2D eigenvalue weighted by molar-refractivity contribution is 9.09. The molecule has 4 heteroatoms. The van der Waals surface area contributed by atoms with Gasteiger partial charge < -0.3 is 9.47 Å². The topological polar surface area (TPSA) is 18.5 Å². The molecule has 0 N–H and O–H groups in total. The molecule has 2 nitrogen and oxygen atoms in total. The maximum Gasteiger partial charge on any atom is 0.161 e. The Morgan fingerprint density at radius 3 is 2.26 bits per heavy atom. The van der Waals surface area contributed by atoms with E-state index < -0.39 is 0 Å². The molecule has 1 heterocycles. The predicted octanol–water partition coefficient (Wildman–Crippen LogP) is 4.60. The lowest BCUT2D eigenvalue weighted by molar-refractivity contribution is 0.171. The van der Waals surface area contributed by atoms with Gasteiger partial charge in [0.2, 0.25) is 0 Å². The van der Waals surface area contributed by atoms with E-state index in [1.165, 1.54) is 0 Å². The molecule has 1 aliphatic rings. The highest BCUT2D eigenvalue weighted by Crippen LogP contribution is 2.37. The molecule has 0 aromatic heterocycles. The third kappa shape index (κ3) is 2.72. The number of fused-ring (bicyclic) bond motifs is 1. The molecule has 0 spiro atoms. The van der Waals surface area contributed by atoms with Crippen LogP contribution in [0.4, 0.5) is 0 Å². The van der Waals surface area contributed by atoms with Gasteiger partial charge in [0, 0.05) is 5.02 Å². The summed E-state index contributed by atoms with van der Waals surface area (Å²) in [7, 11) is 0. The van der Waals surface area contributed by atoms with Crippen LogP contribution in [0.1, 0.15) is 16.0 Å². The van der Waals surface area contributed by atoms with Crippen molar-refractivity contribution in [2.45, 2.75) is 4.83 Å². The Labute approximate surface area is 125 Å². The molecule has 0 radical (unpaired) electrons. The molecule has 0 bridgehead atoms. The predicted molar refractivity (Wildman–Crippen MR) is 79.7 cm³/mol. The van der Waals surface area contributed by atoms with Gasteiger partial charge in [-0.3, -0.25) is 0 Å². The summed E-state index contributed by atoms with van der Waals surface area (Å²) < 4.78 is 11.1. The van der Waals surface area contributed by atoms with E-state index in [9.17, 15) is 0 Å². The Morgan fingerprint density at radius 2 is 1.53 bits per heavy atom. The quantitative estimate of drug-likeness (QED) is 0.745. The molecule has 98 valence electrons. The summed E-state index contributed by atoms with van der Waals surface area (Å²) in [5.41, 5.74) is 2.28. The van der Waals surface area contributed by atoms with Crippen LogP contribution >= 0.6 is 27.5 Å². The molecule has 0 aliphatic carbocycles. The Balaban J connectivity index is 1.91. The second-order valence-electron chi connectivity index (χ2n) is 4.32. The van der Waals surface area contributed by atoms with E-state index in [-0.39, 0.29) is 4.83 Å². The first kappa shape index (κ1) is 12.8. The fraction of sp³-hybridized carbons (Fsp3) is 0.200.